The van der Waals surface area contributed by atoms with E-state index in [9.17, 15) is 9.59 Å². The normalized spacial score (nSPS) is 16.8. The maximum atomic E-state index is 12.8. The lowest BCUT2D eigenvalue weighted by atomic mass is 10.1. The predicted octanol–water partition coefficient (Wildman–Crippen LogP) is 3.57. The Morgan fingerprint density at radius 3 is 2.48 bits per heavy atom. The summed E-state index contributed by atoms with van der Waals surface area (Å²) in [5, 5.41) is 13.8. The van der Waals surface area contributed by atoms with E-state index < -0.39 is 0 Å². The van der Waals surface area contributed by atoms with Gasteiger partial charge in [0.2, 0.25) is 0 Å². The second kappa shape index (κ2) is 9.62. The highest BCUT2D eigenvalue weighted by atomic mass is 16.5. The standard InChI is InChI=1S/C25H29N5O3/c31-24(26-16-17-3-1-2-4-17)19-7-10-22-21(15-19)23(29-28-22)27-25(32)18-5-8-20(9-6-18)30-11-13-33-14-12-30/h5-10,15,17H,1-4,11-14,16H2,(H,26,31)(H2,27,28,29,32). The number of fused-ring (bicyclic) bond motifs is 1. The summed E-state index contributed by atoms with van der Waals surface area (Å²) in [4.78, 5) is 27.7. The topological polar surface area (TPSA) is 99.3 Å². The van der Waals surface area contributed by atoms with Gasteiger partial charge in [-0.2, -0.15) is 5.10 Å². The fourth-order valence-electron chi connectivity index (χ4n) is 4.63. The van der Waals surface area contributed by atoms with Gasteiger partial charge >= 0.3 is 0 Å². The Morgan fingerprint density at radius 1 is 1.00 bits per heavy atom. The number of ether oxygens (including phenoxy) is 1. The van der Waals surface area contributed by atoms with E-state index in [0.717, 1.165) is 37.5 Å². The molecule has 2 amide bonds. The molecule has 2 aliphatic rings. The van der Waals surface area contributed by atoms with Gasteiger partial charge in [-0.05, 0) is 61.2 Å². The van der Waals surface area contributed by atoms with Crippen molar-refractivity contribution in [1.82, 2.24) is 15.5 Å². The maximum Gasteiger partial charge on any atom is 0.256 e. The van der Waals surface area contributed by atoms with Gasteiger partial charge in [-0.3, -0.25) is 14.7 Å². The molecule has 2 fully saturated rings. The summed E-state index contributed by atoms with van der Waals surface area (Å²) in [5.41, 5.74) is 2.95. The Kier molecular flexibility index (Phi) is 6.26. The van der Waals surface area contributed by atoms with Crippen LogP contribution in [0.1, 0.15) is 46.4 Å². The Labute approximate surface area is 192 Å². The first-order valence-corrected chi connectivity index (χ1v) is 11.7. The predicted molar refractivity (Wildman–Crippen MR) is 128 cm³/mol. The molecule has 0 atom stereocenters. The average molecular weight is 448 g/mol. The van der Waals surface area contributed by atoms with Gasteiger partial charge in [0.1, 0.15) is 0 Å². The molecule has 8 nitrogen and oxygen atoms in total. The van der Waals surface area contributed by atoms with Crippen molar-refractivity contribution in [1.29, 1.82) is 0 Å². The highest BCUT2D eigenvalue weighted by Gasteiger charge is 2.18. The van der Waals surface area contributed by atoms with Gasteiger partial charge < -0.3 is 20.3 Å². The molecule has 5 rings (SSSR count). The summed E-state index contributed by atoms with van der Waals surface area (Å²) in [6.07, 6.45) is 4.87. The molecule has 0 unspecified atom stereocenters. The molecular formula is C25H29N5O3. The third-order valence-corrected chi connectivity index (χ3v) is 6.59. The molecule has 0 spiro atoms. The number of benzene rings is 2. The third-order valence-electron chi connectivity index (χ3n) is 6.59. The molecule has 3 N–H and O–H groups in total. The van der Waals surface area contributed by atoms with Crippen LogP contribution in [0.5, 0.6) is 0 Å². The summed E-state index contributed by atoms with van der Waals surface area (Å²) in [6.45, 7) is 3.85. The minimum atomic E-state index is -0.243. The number of carbonyl (C=O) groups is 2. The minimum Gasteiger partial charge on any atom is -0.378 e. The first-order chi connectivity index (χ1) is 16.2. The molecule has 3 aromatic rings. The van der Waals surface area contributed by atoms with Crippen molar-refractivity contribution in [2.24, 2.45) is 5.92 Å². The summed E-state index contributed by atoms with van der Waals surface area (Å²) in [6, 6.07) is 12.9. The summed E-state index contributed by atoms with van der Waals surface area (Å²) >= 11 is 0. The van der Waals surface area contributed by atoms with Gasteiger partial charge in [0.25, 0.3) is 11.8 Å². The summed E-state index contributed by atoms with van der Waals surface area (Å²) in [5.74, 6) is 0.655. The monoisotopic (exact) mass is 447 g/mol. The third kappa shape index (κ3) is 4.85. The molecule has 2 aromatic carbocycles. The van der Waals surface area contributed by atoms with Crippen molar-refractivity contribution in [3.8, 4) is 0 Å². The highest BCUT2D eigenvalue weighted by Crippen LogP contribution is 2.25. The lowest BCUT2D eigenvalue weighted by Crippen LogP contribution is -2.36. The van der Waals surface area contributed by atoms with E-state index in [2.05, 4.69) is 25.7 Å². The van der Waals surface area contributed by atoms with Crippen LogP contribution in [-0.4, -0.2) is 54.9 Å². The second-order valence-corrected chi connectivity index (χ2v) is 8.79. The molecule has 1 aromatic heterocycles. The highest BCUT2D eigenvalue weighted by molar-refractivity contribution is 6.09. The van der Waals surface area contributed by atoms with Crippen LogP contribution in [0.4, 0.5) is 11.5 Å². The number of hydrogen-bond acceptors (Lipinski definition) is 5. The van der Waals surface area contributed by atoms with Crippen molar-refractivity contribution < 1.29 is 14.3 Å². The van der Waals surface area contributed by atoms with E-state index in [1.807, 2.05) is 30.3 Å². The molecule has 8 heteroatoms. The largest absolute Gasteiger partial charge is 0.378 e. The van der Waals surface area contributed by atoms with Crippen molar-refractivity contribution in [2.45, 2.75) is 25.7 Å². The van der Waals surface area contributed by atoms with Crippen LogP contribution in [0, 0.1) is 5.92 Å². The first kappa shape index (κ1) is 21.5. The first-order valence-electron chi connectivity index (χ1n) is 11.7. The van der Waals surface area contributed by atoms with Crippen molar-refractivity contribution in [3.05, 3.63) is 53.6 Å². The quantitative estimate of drug-likeness (QED) is 0.537. The smallest absolute Gasteiger partial charge is 0.256 e. The van der Waals surface area contributed by atoms with Crippen LogP contribution >= 0.6 is 0 Å². The lowest BCUT2D eigenvalue weighted by Gasteiger charge is -2.28. The van der Waals surface area contributed by atoms with Crippen LogP contribution < -0.4 is 15.5 Å². The number of carbonyl (C=O) groups excluding carboxylic acids is 2. The molecule has 0 radical (unpaired) electrons. The average Bonchev–Trinajstić information content (AvgIpc) is 3.53. The minimum absolute atomic E-state index is 0.0963. The van der Waals surface area contributed by atoms with E-state index in [-0.39, 0.29) is 11.8 Å². The van der Waals surface area contributed by atoms with Gasteiger partial charge in [0.05, 0.1) is 18.7 Å². The Bertz CT molecular complexity index is 1130. The molecule has 0 bridgehead atoms. The van der Waals surface area contributed by atoms with Gasteiger partial charge in [-0.15, -0.1) is 0 Å². The maximum absolute atomic E-state index is 12.8. The zero-order valence-corrected chi connectivity index (χ0v) is 18.6. The second-order valence-electron chi connectivity index (χ2n) is 8.79. The molecule has 33 heavy (non-hydrogen) atoms. The fourth-order valence-corrected chi connectivity index (χ4v) is 4.63. The number of aromatic nitrogens is 2. The molecule has 172 valence electrons. The van der Waals surface area contributed by atoms with Crippen LogP contribution in [-0.2, 0) is 4.74 Å². The van der Waals surface area contributed by atoms with E-state index in [4.69, 9.17) is 4.74 Å². The number of morpholine rings is 1. The Balaban J connectivity index is 1.26. The number of amides is 2. The van der Waals surface area contributed by atoms with Gasteiger partial charge in [0.15, 0.2) is 5.82 Å². The Hall–Kier alpha value is -3.39. The van der Waals surface area contributed by atoms with Crippen molar-refractivity contribution in [3.63, 3.8) is 0 Å². The molecule has 1 saturated carbocycles. The molecular weight excluding hydrogens is 418 g/mol. The Morgan fingerprint density at radius 2 is 1.73 bits per heavy atom. The summed E-state index contributed by atoms with van der Waals surface area (Å²) in [7, 11) is 0. The van der Waals surface area contributed by atoms with Crippen LogP contribution in [0.3, 0.4) is 0 Å². The van der Waals surface area contributed by atoms with Gasteiger partial charge in [-0.25, -0.2) is 0 Å². The molecule has 1 aliphatic carbocycles. The van der Waals surface area contributed by atoms with E-state index in [1.165, 1.54) is 25.7 Å². The zero-order valence-electron chi connectivity index (χ0n) is 18.6. The van der Waals surface area contributed by atoms with E-state index in [1.54, 1.807) is 12.1 Å². The van der Waals surface area contributed by atoms with Crippen LogP contribution in [0.15, 0.2) is 42.5 Å². The lowest BCUT2D eigenvalue weighted by molar-refractivity contribution is 0.0946. The van der Waals surface area contributed by atoms with Crippen molar-refractivity contribution >= 4 is 34.2 Å². The number of hydrogen-bond donors (Lipinski definition) is 3. The van der Waals surface area contributed by atoms with Crippen LogP contribution in [0.25, 0.3) is 10.9 Å². The number of rotatable bonds is 6. The number of nitrogens with zero attached hydrogens (tertiary/aromatic N) is 2. The molecule has 1 saturated heterocycles. The van der Waals surface area contributed by atoms with Crippen molar-refractivity contribution in [2.75, 3.05) is 43.1 Å². The number of nitrogens with one attached hydrogen (secondary N) is 3. The summed E-state index contributed by atoms with van der Waals surface area (Å²) < 4.78 is 5.40. The van der Waals surface area contributed by atoms with Gasteiger partial charge in [-0.1, -0.05) is 12.8 Å². The number of anilines is 2. The van der Waals surface area contributed by atoms with Gasteiger partial charge in [0, 0.05) is 41.8 Å². The number of aromatic amines is 1. The fraction of sp³-hybridized carbons (Fsp3) is 0.400. The van der Waals surface area contributed by atoms with E-state index >= 15 is 0 Å². The van der Waals surface area contributed by atoms with Crippen LogP contribution in [0.2, 0.25) is 0 Å². The number of H-pyrrole nitrogens is 1. The molecule has 1 aliphatic heterocycles. The van der Waals surface area contributed by atoms with E-state index in [0.29, 0.717) is 34.8 Å². The SMILES string of the molecule is O=C(NCC1CCCC1)c1ccc2[nH]nc(NC(=O)c3ccc(N4CCOCC4)cc3)c2c1. The zero-order chi connectivity index (χ0) is 22.6. The molecule has 2 heterocycles.